The fourth-order valence-electron chi connectivity index (χ4n) is 3.05. The van der Waals surface area contributed by atoms with Crippen LogP contribution in [0, 0.1) is 0 Å². The molecule has 0 aliphatic carbocycles. The zero-order valence-corrected chi connectivity index (χ0v) is 17.4. The lowest BCUT2D eigenvalue weighted by molar-refractivity contribution is -0.000669. The Kier molecular flexibility index (Phi) is 5.79. The van der Waals surface area contributed by atoms with Crippen molar-refractivity contribution < 1.29 is 4.74 Å². The van der Waals surface area contributed by atoms with Crippen molar-refractivity contribution in [3.63, 3.8) is 0 Å². The van der Waals surface area contributed by atoms with Crippen molar-refractivity contribution in [1.29, 1.82) is 0 Å². The number of nitrogens with zero attached hydrogens (tertiary/aromatic N) is 3. The van der Waals surface area contributed by atoms with Gasteiger partial charge in [0.2, 0.25) is 0 Å². The second-order valence-corrected chi connectivity index (χ2v) is 9.55. The Bertz CT molecular complexity index is 546. The van der Waals surface area contributed by atoms with Gasteiger partial charge in [0.05, 0.1) is 5.69 Å². The van der Waals surface area contributed by atoms with Crippen LogP contribution in [0.4, 0.5) is 5.82 Å². The molecule has 0 saturated carbocycles. The monoisotopic (exact) mass is 348 g/mol. The maximum atomic E-state index is 5.57. The van der Waals surface area contributed by atoms with Crippen molar-refractivity contribution in [2.45, 2.75) is 70.8 Å². The highest BCUT2D eigenvalue weighted by molar-refractivity contribution is 5.39. The Labute approximate surface area is 153 Å². The molecule has 2 rings (SSSR count). The predicted molar refractivity (Wildman–Crippen MR) is 104 cm³/mol. The van der Waals surface area contributed by atoms with E-state index in [4.69, 9.17) is 14.7 Å². The summed E-state index contributed by atoms with van der Waals surface area (Å²) in [6, 6.07) is 2.11. The summed E-state index contributed by atoms with van der Waals surface area (Å²) in [5.74, 6) is 1.82. The molecule has 1 aromatic rings. The molecule has 5 nitrogen and oxygen atoms in total. The van der Waals surface area contributed by atoms with Gasteiger partial charge < -0.3 is 15.0 Å². The van der Waals surface area contributed by atoms with Gasteiger partial charge in [-0.2, -0.15) is 0 Å². The number of anilines is 1. The van der Waals surface area contributed by atoms with Crippen LogP contribution in [0.2, 0.25) is 0 Å². The smallest absolute Gasteiger partial charge is 0.136 e. The summed E-state index contributed by atoms with van der Waals surface area (Å²) < 4.78 is 5.57. The molecule has 1 N–H and O–H groups in total. The number of hydrogen-bond acceptors (Lipinski definition) is 5. The van der Waals surface area contributed by atoms with E-state index >= 15 is 0 Å². The van der Waals surface area contributed by atoms with Crippen LogP contribution in [0.25, 0.3) is 0 Å². The lowest BCUT2D eigenvalue weighted by Crippen LogP contribution is -2.53. The number of hydrogen-bond donors (Lipinski definition) is 1. The van der Waals surface area contributed by atoms with Crippen LogP contribution >= 0.6 is 0 Å². The zero-order chi connectivity index (χ0) is 18.9. The summed E-state index contributed by atoms with van der Waals surface area (Å²) in [7, 11) is 4.32. The Balaban J connectivity index is 2.29. The molecule has 1 aliphatic heterocycles. The number of rotatable bonds is 4. The van der Waals surface area contributed by atoms with Gasteiger partial charge in [-0.25, -0.2) is 9.97 Å². The van der Waals surface area contributed by atoms with Crippen molar-refractivity contribution >= 4 is 5.82 Å². The molecule has 1 saturated heterocycles. The molecule has 0 aromatic carbocycles. The van der Waals surface area contributed by atoms with Gasteiger partial charge in [-0.15, -0.1) is 0 Å². The van der Waals surface area contributed by atoms with E-state index in [1.165, 1.54) is 0 Å². The second kappa shape index (κ2) is 7.20. The van der Waals surface area contributed by atoms with E-state index in [9.17, 15) is 0 Å². The minimum Gasteiger partial charge on any atom is -0.381 e. The third-order valence-electron chi connectivity index (χ3n) is 5.14. The Hall–Kier alpha value is -1.20. The number of ether oxygens (including phenoxy) is 1. The SMILES string of the molecule is CN(C)C1(CNc2cc(C(C)(C)C)nc(C(C)(C)C)n2)CCOCC1. The van der Waals surface area contributed by atoms with Crippen molar-refractivity contribution in [3.8, 4) is 0 Å². The number of nitrogens with one attached hydrogen (secondary N) is 1. The van der Waals surface area contributed by atoms with Crippen LogP contribution in [0.3, 0.4) is 0 Å². The second-order valence-electron chi connectivity index (χ2n) is 9.55. The van der Waals surface area contributed by atoms with Crippen LogP contribution in [-0.4, -0.2) is 54.3 Å². The topological polar surface area (TPSA) is 50.3 Å². The van der Waals surface area contributed by atoms with Crippen molar-refractivity contribution in [1.82, 2.24) is 14.9 Å². The Morgan fingerprint density at radius 2 is 1.64 bits per heavy atom. The first-order valence-corrected chi connectivity index (χ1v) is 9.33. The molecule has 142 valence electrons. The van der Waals surface area contributed by atoms with E-state index in [-0.39, 0.29) is 16.4 Å². The summed E-state index contributed by atoms with van der Waals surface area (Å²) in [5.41, 5.74) is 1.13. The number of likely N-dealkylation sites (N-methyl/N-ethyl adjacent to an activating group) is 1. The van der Waals surface area contributed by atoms with Crippen LogP contribution in [0.1, 0.15) is 65.9 Å². The molecule has 0 spiro atoms. The quantitative estimate of drug-likeness (QED) is 0.901. The highest BCUT2D eigenvalue weighted by Crippen LogP contribution is 2.29. The van der Waals surface area contributed by atoms with Crippen LogP contribution in [0.5, 0.6) is 0 Å². The standard InChI is InChI=1S/C20H36N4O/c1-18(2,3)15-13-16(23-17(22-15)19(4,5)6)21-14-20(24(7)8)9-11-25-12-10-20/h13H,9-12,14H2,1-8H3,(H,21,22,23). The van der Waals surface area contributed by atoms with Crippen LogP contribution < -0.4 is 5.32 Å². The minimum absolute atomic E-state index is 0.00269. The van der Waals surface area contributed by atoms with Gasteiger partial charge in [-0.3, -0.25) is 0 Å². The van der Waals surface area contributed by atoms with Gasteiger partial charge in [0.15, 0.2) is 0 Å². The normalized spacial score (nSPS) is 18.4. The summed E-state index contributed by atoms with van der Waals surface area (Å²) in [6.07, 6.45) is 2.08. The molecule has 1 fully saturated rings. The average molecular weight is 349 g/mol. The summed E-state index contributed by atoms with van der Waals surface area (Å²) in [5, 5.41) is 3.61. The highest BCUT2D eigenvalue weighted by Gasteiger charge is 2.35. The lowest BCUT2D eigenvalue weighted by atomic mass is 9.88. The maximum absolute atomic E-state index is 5.57. The molecule has 25 heavy (non-hydrogen) atoms. The first-order chi connectivity index (χ1) is 11.4. The molecule has 0 unspecified atom stereocenters. The van der Waals surface area contributed by atoms with Crippen molar-refractivity contribution in [3.05, 3.63) is 17.6 Å². The summed E-state index contributed by atoms with van der Waals surface area (Å²) >= 11 is 0. The Morgan fingerprint density at radius 3 is 2.12 bits per heavy atom. The molecule has 1 aromatic heterocycles. The Morgan fingerprint density at radius 1 is 1.04 bits per heavy atom. The van der Waals surface area contributed by atoms with E-state index in [0.717, 1.165) is 49.9 Å². The average Bonchev–Trinajstić information content (AvgIpc) is 2.52. The zero-order valence-electron chi connectivity index (χ0n) is 17.4. The molecule has 2 heterocycles. The first kappa shape index (κ1) is 20.1. The molecule has 0 amide bonds. The van der Waals surface area contributed by atoms with Gasteiger partial charge in [-0.1, -0.05) is 41.5 Å². The fourth-order valence-corrected chi connectivity index (χ4v) is 3.05. The molecule has 5 heteroatoms. The third kappa shape index (κ3) is 4.91. The first-order valence-electron chi connectivity index (χ1n) is 9.33. The summed E-state index contributed by atoms with van der Waals surface area (Å²) in [6.45, 7) is 15.6. The van der Waals surface area contributed by atoms with E-state index in [1.54, 1.807) is 0 Å². The molecule has 1 aliphatic rings. The van der Waals surface area contributed by atoms with Gasteiger partial charge in [0.1, 0.15) is 11.6 Å². The number of aromatic nitrogens is 2. The minimum atomic E-state index is -0.0738. The van der Waals surface area contributed by atoms with E-state index < -0.39 is 0 Å². The summed E-state index contributed by atoms with van der Waals surface area (Å²) in [4.78, 5) is 12.0. The van der Waals surface area contributed by atoms with Gasteiger partial charge in [0.25, 0.3) is 0 Å². The molecule has 0 bridgehead atoms. The van der Waals surface area contributed by atoms with Gasteiger partial charge >= 0.3 is 0 Å². The van der Waals surface area contributed by atoms with Crippen molar-refractivity contribution in [2.75, 3.05) is 39.2 Å². The van der Waals surface area contributed by atoms with Crippen LogP contribution in [0.15, 0.2) is 6.07 Å². The third-order valence-corrected chi connectivity index (χ3v) is 5.14. The van der Waals surface area contributed by atoms with Gasteiger partial charge in [0, 0.05) is 42.2 Å². The van der Waals surface area contributed by atoms with Crippen LogP contribution in [-0.2, 0) is 15.6 Å². The lowest BCUT2D eigenvalue weighted by Gasteiger charge is -2.43. The predicted octanol–water partition coefficient (Wildman–Crippen LogP) is 3.59. The molecular formula is C20H36N4O. The van der Waals surface area contributed by atoms with E-state index in [0.29, 0.717) is 0 Å². The molecule has 0 radical (unpaired) electrons. The molecular weight excluding hydrogens is 312 g/mol. The molecule has 0 atom stereocenters. The fraction of sp³-hybridized carbons (Fsp3) is 0.800. The van der Waals surface area contributed by atoms with E-state index in [2.05, 4.69) is 71.9 Å². The maximum Gasteiger partial charge on any atom is 0.136 e. The van der Waals surface area contributed by atoms with Crippen molar-refractivity contribution in [2.24, 2.45) is 0 Å². The van der Waals surface area contributed by atoms with E-state index in [1.807, 2.05) is 0 Å². The van der Waals surface area contributed by atoms with Gasteiger partial charge in [-0.05, 0) is 26.9 Å². The largest absolute Gasteiger partial charge is 0.381 e. The highest BCUT2D eigenvalue weighted by atomic mass is 16.5.